The fraction of sp³-hybridized carbons (Fsp3) is 0.421. The number of ether oxygens (including phenoxy) is 2. The van der Waals surface area contributed by atoms with E-state index in [1.54, 1.807) is 46.1 Å². The van der Waals surface area contributed by atoms with Gasteiger partial charge in [-0.25, -0.2) is 14.6 Å². The monoisotopic (exact) mass is 714 g/mol. The Hall–Kier alpha value is -5.66. The van der Waals surface area contributed by atoms with Gasteiger partial charge in [0, 0.05) is 42.5 Å². The van der Waals surface area contributed by atoms with Gasteiger partial charge in [-0.15, -0.1) is 6.58 Å². The molecule has 0 unspecified atom stereocenters. The van der Waals surface area contributed by atoms with Crippen molar-refractivity contribution in [2.24, 2.45) is 11.3 Å². The number of amides is 5. The number of carbonyl (C=O) groups excluding carboxylic acids is 4. The summed E-state index contributed by atoms with van der Waals surface area (Å²) in [7, 11) is 3.01. The molecule has 0 radical (unpaired) electrons. The Balaban J connectivity index is 1.47. The number of likely N-dealkylation sites (N-methyl/N-ethyl adjacent to an activating group) is 1. The number of urea groups is 1. The lowest BCUT2D eigenvalue weighted by Crippen LogP contribution is -2.60. The van der Waals surface area contributed by atoms with Gasteiger partial charge in [-0.2, -0.15) is 0 Å². The van der Waals surface area contributed by atoms with Crippen LogP contribution in [0.4, 0.5) is 4.79 Å². The SMILES string of the molecule is C=C[C@@H]1C[C@]1(NC(=O)[C@@H]1C[C@@H](Oc2cc(-c3ccccc3)nc3cc(OC)ccc23)CN1C(=O)N[C@H](C(=O)N[C@@H](C)C(=O)NC)C(C)(C)C)C(=O)O. The summed E-state index contributed by atoms with van der Waals surface area (Å²) in [6.45, 7) is 10.4. The Labute approximate surface area is 302 Å². The van der Waals surface area contributed by atoms with Gasteiger partial charge in [-0.3, -0.25) is 14.4 Å². The number of pyridine rings is 1. The van der Waals surface area contributed by atoms with Gasteiger partial charge >= 0.3 is 12.0 Å². The predicted octanol–water partition coefficient (Wildman–Crippen LogP) is 3.25. The number of hydrogen-bond acceptors (Lipinski definition) is 8. The summed E-state index contributed by atoms with van der Waals surface area (Å²) in [5.41, 5.74) is -0.251. The van der Waals surface area contributed by atoms with E-state index in [9.17, 15) is 29.1 Å². The maximum Gasteiger partial charge on any atom is 0.330 e. The first-order valence-corrected chi connectivity index (χ1v) is 17.1. The molecule has 52 heavy (non-hydrogen) atoms. The van der Waals surface area contributed by atoms with Crippen molar-refractivity contribution in [2.45, 2.75) is 70.3 Å². The summed E-state index contributed by atoms with van der Waals surface area (Å²) in [5, 5.41) is 21.2. The third-order valence-corrected chi connectivity index (χ3v) is 9.59. The Bertz CT molecular complexity index is 1880. The van der Waals surface area contributed by atoms with Crippen LogP contribution in [0.1, 0.15) is 40.5 Å². The quantitative estimate of drug-likeness (QED) is 0.176. The number of fused-ring (bicyclic) bond motifs is 1. The third kappa shape index (κ3) is 7.80. The van der Waals surface area contributed by atoms with Crippen molar-refractivity contribution in [3.63, 3.8) is 0 Å². The van der Waals surface area contributed by atoms with Crippen LogP contribution in [-0.2, 0) is 19.2 Å². The molecule has 14 nitrogen and oxygen atoms in total. The zero-order valence-electron chi connectivity index (χ0n) is 30.2. The lowest BCUT2D eigenvalue weighted by Gasteiger charge is -2.34. The molecule has 1 aliphatic heterocycles. The van der Waals surface area contributed by atoms with Gasteiger partial charge < -0.3 is 40.7 Å². The Morgan fingerprint density at radius 2 is 1.77 bits per heavy atom. The van der Waals surface area contributed by atoms with Crippen molar-refractivity contribution in [1.29, 1.82) is 0 Å². The molecular weight excluding hydrogens is 668 g/mol. The number of carboxylic acids is 1. The van der Waals surface area contributed by atoms with E-state index >= 15 is 0 Å². The first-order valence-electron chi connectivity index (χ1n) is 17.1. The highest BCUT2D eigenvalue weighted by Gasteiger charge is 2.61. The lowest BCUT2D eigenvalue weighted by atomic mass is 9.86. The molecule has 2 heterocycles. The van der Waals surface area contributed by atoms with Crippen LogP contribution in [0, 0.1) is 11.3 Å². The molecule has 276 valence electrons. The van der Waals surface area contributed by atoms with Gasteiger partial charge in [0.05, 0.1) is 24.9 Å². The van der Waals surface area contributed by atoms with Crippen LogP contribution >= 0.6 is 0 Å². The van der Waals surface area contributed by atoms with E-state index in [1.165, 1.54) is 24.9 Å². The van der Waals surface area contributed by atoms with E-state index in [1.807, 2.05) is 36.4 Å². The van der Waals surface area contributed by atoms with Gasteiger partial charge in [-0.05, 0) is 30.9 Å². The average molecular weight is 715 g/mol. The highest BCUT2D eigenvalue weighted by molar-refractivity contribution is 5.96. The number of nitrogens with zero attached hydrogens (tertiary/aromatic N) is 2. The second kappa shape index (κ2) is 14.9. The lowest BCUT2D eigenvalue weighted by molar-refractivity contribution is -0.144. The average Bonchev–Trinajstić information content (AvgIpc) is 3.68. The zero-order chi connectivity index (χ0) is 38.0. The minimum Gasteiger partial charge on any atom is -0.497 e. The second-order valence-corrected chi connectivity index (χ2v) is 14.3. The van der Waals surface area contributed by atoms with Crippen molar-refractivity contribution in [1.82, 2.24) is 31.2 Å². The summed E-state index contributed by atoms with van der Waals surface area (Å²) in [4.78, 5) is 72.0. The van der Waals surface area contributed by atoms with Crippen LogP contribution in [0.2, 0.25) is 0 Å². The van der Waals surface area contributed by atoms with E-state index in [0.29, 0.717) is 28.1 Å². The van der Waals surface area contributed by atoms with E-state index in [0.717, 1.165) is 5.56 Å². The van der Waals surface area contributed by atoms with Crippen molar-refractivity contribution in [3.8, 4) is 22.8 Å². The molecule has 0 bridgehead atoms. The number of aromatic nitrogens is 1. The largest absolute Gasteiger partial charge is 0.497 e. The number of hydrogen-bond donors (Lipinski definition) is 5. The molecule has 2 fully saturated rings. The molecule has 6 atom stereocenters. The van der Waals surface area contributed by atoms with Crippen LogP contribution < -0.4 is 30.7 Å². The first kappa shape index (κ1) is 37.6. The molecular formula is C38H46N6O8. The maximum absolute atomic E-state index is 14.1. The number of aliphatic carboxylic acids is 1. The molecule has 3 aromatic rings. The van der Waals surface area contributed by atoms with Crippen LogP contribution in [-0.4, -0.2) is 95.2 Å². The molecule has 1 saturated heterocycles. The van der Waals surface area contributed by atoms with Crippen molar-refractivity contribution in [2.75, 3.05) is 20.7 Å². The molecule has 0 spiro atoms. The number of likely N-dealkylation sites (tertiary alicyclic amines) is 1. The summed E-state index contributed by atoms with van der Waals surface area (Å²) >= 11 is 0. The topological polar surface area (TPSA) is 188 Å². The molecule has 1 saturated carbocycles. The standard InChI is InChI=1S/C38H46N6O8/c1-8-23-19-38(23,35(48)49)43-33(46)29-17-25(20-44(29)36(50)42-31(37(3,4)5)34(47)40-21(2)32(45)39-6)52-30-18-27(22-12-10-9-11-13-22)41-28-16-24(51-7)14-15-26(28)30/h8-16,18,21,23,25,29,31H,1,17,19-20H2,2-7H3,(H,39,45)(H,40,47)(H,42,50)(H,43,46)(H,48,49)/t21-,23+,25+,29-,31+,38+/m0/s1. The summed E-state index contributed by atoms with van der Waals surface area (Å²) < 4.78 is 12.0. The van der Waals surface area contributed by atoms with Gasteiger partial charge in [0.25, 0.3) is 0 Å². The summed E-state index contributed by atoms with van der Waals surface area (Å²) in [6.07, 6.45) is 0.956. The van der Waals surface area contributed by atoms with E-state index < -0.39 is 70.8 Å². The smallest absolute Gasteiger partial charge is 0.330 e. The fourth-order valence-corrected chi connectivity index (χ4v) is 6.47. The fourth-order valence-electron chi connectivity index (χ4n) is 6.47. The highest BCUT2D eigenvalue weighted by atomic mass is 16.5. The summed E-state index contributed by atoms with van der Waals surface area (Å²) in [6, 6.07) is 12.9. The van der Waals surface area contributed by atoms with E-state index in [2.05, 4.69) is 27.8 Å². The molecule has 2 aliphatic rings. The number of benzene rings is 2. The Kier molecular flexibility index (Phi) is 10.8. The maximum atomic E-state index is 14.1. The molecule has 1 aliphatic carbocycles. The number of rotatable bonds is 12. The molecule has 5 amide bonds. The van der Waals surface area contributed by atoms with Crippen LogP contribution in [0.3, 0.4) is 0 Å². The Morgan fingerprint density at radius 1 is 1.06 bits per heavy atom. The van der Waals surface area contributed by atoms with Crippen LogP contribution in [0.5, 0.6) is 11.5 Å². The van der Waals surface area contributed by atoms with E-state index in [-0.39, 0.29) is 19.4 Å². The predicted molar refractivity (Wildman–Crippen MR) is 194 cm³/mol. The number of methoxy groups -OCH3 is 1. The first-order chi connectivity index (χ1) is 24.6. The Morgan fingerprint density at radius 3 is 2.37 bits per heavy atom. The normalized spacial score (nSPS) is 22.0. The van der Waals surface area contributed by atoms with Gasteiger partial charge in [0.2, 0.25) is 17.7 Å². The van der Waals surface area contributed by atoms with Crippen molar-refractivity contribution >= 4 is 40.6 Å². The molecule has 5 rings (SSSR count). The van der Waals surface area contributed by atoms with Gasteiger partial charge in [-0.1, -0.05) is 57.2 Å². The molecule has 14 heteroatoms. The summed E-state index contributed by atoms with van der Waals surface area (Å²) in [5.74, 6) is -2.28. The second-order valence-electron chi connectivity index (χ2n) is 14.3. The molecule has 2 aromatic carbocycles. The van der Waals surface area contributed by atoms with E-state index in [4.69, 9.17) is 14.5 Å². The minimum absolute atomic E-state index is 0.0223. The molecule has 1 aromatic heterocycles. The van der Waals surface area contributed by atoms with Gasteiger partial charge in [0.15, 0.2) is 0 Å². The van der Waals surface area contributed by atoms with Crippen LogP contribution in [0.25, 0.3) is 22.2 Å². The van der Waals surface area contributed by atoms with Crippen molar-refractivity contribution in [3.05, 3.63) is 67.3 Å². The highest BCUT2D eigenvalue weighted by Crippen LogP contribution is 2.45. The van der Waals surface area contributed by atoms with Gasteiger partial charge in [0.1, 0.15) is 41.3 Å². The zero-order valence-corrected chi connectivity index (χ0v) is 30.2. The van der Waals surface area contributed by atoms with Crippen molar-refractivity contribution < 1.29 is 38.6 Å². The number of carboxylic acid groups (broad SMARTS) is 1. The molecule has 5 N–H and O–H groups in total. The third-order valence-electron chi connectivity index (χ3n) is 9.59. The number of nitrogens with one attached hydrogen (secondary N) is 4. The van der Waals surface area contributed by atoms with Crippen LogP contribution in [0.15, 0.2) is 67.3 Å². The number of carbonyl (C=O) groups is 5. The minimum atomic E-state index is -1.53.